The minimum Gasteiger partial charge on any atom is -0.748 e. The van der Waals surface area contributed by atoms with Crippen molar-refractivity contribution < 1.29 is 21.9 Å². The molecule has 0 N–H and O–H groups in total. The van der Waals surface area contributed by atoms with Crippen molar-refractivity contribution in [3.8, 4) is 0 Å². The van der Waals surface area contributed by atoms with Gasteiger partial charge in [0.1, 0.15) is 0 Å². The molecule has 2 aromatic rings. The van der Waals surface area contributed by atoms with E-state index in [-0.39, 0.29) is 22.2 Å². The summed E-state index contributed by atoms with van der Waals surface area (Å²) in [4.78, 5) is 10.8. The molecule has 0 heterocycles. The second kappa shape index (κ2) is 20.0. The minimum absolute atomic E-state index is 0. The summed E-state index contributed by atoms with van der Waals surface area (Å²) in [6, 6.07) is 18.7. The summed E-state index contributed by atoms with van der Waals surface area (Å²) in [6.07, 6.45) is 14.8. The van der Waals surface area contributed by atoms with Gasteiger partial charge in [0, 0.05) is 29.7 Å². The van der Waals surface area contributed by atoms with Crippen LogP contribution in [0.15, 0.2) is 54.6 Å². The quantitative estimate of drug-likeness (QED) is 0.186. The smallest absolute Gasteiger partial charge is 0.185 e. The Kier molecular flexibility index (Phi) is 19.4. The second-order valence-electron chi connectivity index (χ2n) is 6.88. The normalized spacial score (nSPS) is 9.96. The molecule has 1 nitrogen and oxygen atoms in total. The van der Waals surface area contributed by atoms with Crippen molar-refractivity contribution in [2.45, 2.75) is 77.6 Å². The third-order valence-electron chi connectivity index (χ3n) is 4.45. The Bertz CT molecular complexity index is 487. The zero-order chi connectivity index (χ0) is 18.7. The fourth-order valence-electron chi connectivity index (χ4n) is 2.96. The molecule has 0 amide bonds. The van der Waals surface area contributed by atoms with E-state index in [1.807, 2.05) is 30.3 Å². The van der Waals surface area contributed by atoms with Gasteiger partial charge in [-0.15, -0.1) is 0 Å². The van der Waals surface area contributed by atoms with E-state index in [2.05, 4.69) is 24.3 Å². The zero-order valence-electron chi connectivity index (χ0n) is 16.9. The SMILES string of the molecule is CC(=O)SCCCCCCCCCCCC[c-]1cccc1.[Fe].[cH-]1[cH-][cH-][cH-][cH-]1. The summed E-state index contributed by atoms with van der Waals surface area (Å²) >= 11 is 1.47. The first-order valence-electron chi connectivity index (χ1n) is 10.3. The maximum Gasteiger partial charge on any atom is 0.185 e. The van der Waals surface area contributed by atoms with Crippen LogP contribution in [0, 0.1) is 0 Å². The average Bonchev–Trinajstić information content (AvgIpc) is 3.35. The van der Waals surface area contributed by atoms with Crippen LogP contribution in [0.25, 0.3) is 0 Å². The monoisotopic (exact) mass is 428 g/mol. The Morgan fingerprint density at radius 2 is 1.15 bits per heavy atom. The predicted molar refractivity (Wildman–Crippen MR) is 117 cm³/mol. The fourth-order valence-corrected chi connectivity index (χ4v) is 3.60. The van der Waals surface area contributed by atoms with Gasteiger partial charge in [0.05, 0.1) is 0 Å². The van der Waals surface area contributed by atoms with Crippen molar-refractivity contribution >= 4 is 16.9 Å². The van der Waals surface area contributed by atoms with Crippen LogP contribution in [0.4, 0.5) is 0 Å². The topological polar surface area (TPSA) is 17.1 Å². The Morgan fingerprint density at radius 1 is 0.741 bits per heavy atom. The van der Waals surface area contributed by atoms with Crippen LogP contribution in [0.2, 0.25) is 0 Å². The van der Waals surface area contributed by atoms with Crippen LogP contribution in [-0.2, 0) is 28.3 Å². The van der Waals surface area contributed by atoms with Crippen molar-refractivity contribution in [2.75, 3.05) is 5.75 Å². The molecular formula is C24H36FeOS-6. The van der Waals surface area contributed by atoms with Gasteiger partial charge in [-0.1, -0.05) is 76.0 Å². The number of carbonyl (C=O) groups is 1. The van der Waals surface area contributed by atoms with Gasteiger partial charge in [-0.05, 0) is 6.42 Å². The van der Waals surface area contributed by atoms with Crippen molar-refractivity contribution in [1.29, 1.82) is 0 Å². The Labute approximate surface area is 181 Å². The van der Waals surface area contributed by atoms with Gasteiger partial charge in [-0.2, -0.15) is 17.7 Å². The molecule has 0 saturated heterocycles. The molecule has 2 rings (SSSR count). The van der Waals surface area contributed by atoms with Crippen LogP contribution in [0.1, 0.15) is 76.7 Å². The van der Waals surface area contributed by atoms with E-state index >= 15 is 0 Å². The molecule has 0 fully saturated rings. The number of thioether (sulfide) groups is 1. The maximum atomic E-state index is 10.8. The van der Waals surface area contributed by atoms with Gasteiger partial charge >= 0.3 is 0 Å². The molecule has 3 heteroatoms. The maximum absolute atomic E-state index is 10.8. The number of aryl methyl sites for hydroxylation is 1. The first-order valence-corrected chi connectivity index (χ1v) is 11.3. The number of rotatable bonds is 13. The first-order chi connectivity index (χ1) is 12.8. The second-order valence-corrected chi connectivity index (χ2v) is 8.15. The first kappa shape index (κ1) is 26.2. The summed E-state index contributed by atoms with van der Waals surface area (Å²) < 4.78 is 0. The van der Waals surface area contributed by atoms with Gasteiger partial charge in [0.2, 0.25) is 0 Å². The molecule has 0 unspecified atom stereocenters. The Hall–Kier alpha value is -0.761. The molecule has 158 valence electrons. The summed E-state index contributed by atoms with van der Waals surface area (Å²) in [7, 11) is 0. The number of unbranched alkanes of at least 4 members (excludes halogenated alkanes) is 9. The van der Waals surface area contributed by atoms with E-state index in [1.165, 1.54) is 88.0 Å². The molecule has 0 radical (unpaired) electrons. The van der Waals surface area contributed by atoms with E-state index in [4.69, 9.17) is 0 Å². The van der Waals surface area contributed by atoms with E-state index in [0.717, 1.165) is 5.75 Å². The Morgan fingerprint density at radius 3 is 1.59 bits per heavy atom. The van der Waals surface area contributed by atoms with Crippen molar-refractivity contribution in [1.82, 2.24) is 0 Å². The molecule has 0 bridgehead atoms. The third-order valence-corrected chi connectivity index (χ3v) is 5.35. The largest absolute Gasteiger partial charge is 0.748 e. The van der Waals surface area contributed by atoms with Crippen LogP contribution in [-0.4, -0.2) is 10.9 Å². The zero-order valence-corrected chi connectivity index (χ0v) is 18.8. The van der Waals surface area contributed by atoms with Gasteiger partial charge < -0.3 is 30.3 Å². The van der Waals surface area contributed by atoms with Crippen LogP contribution >= 0.6 is 11.8 Å². The number of carbonyl (C=O) groups excluding carboxylic acids is 1. The molecule has 2 aromatic carbocycles. The molecule has 0 spiro atoms. The van der Waals surface area contributed by atoms with Crippen LogP contribution in [0.3, 0.4) is 0 Å². The molecular weight excluding hydrogens is 392 g/mol. The van der Waals surface area contributed by atoms with Crippen LogP contribution in [0.5, 0.6) is 0 Å². The van der Waals surface area contributed by atoms with E-state index in [0.29, 0.717) is 0 Å². The molecule has 0 atom stereocenters. The van der Waals surface area contributed by atoms with E-state index in [1.54, 1.807) is 6.92 Å². The molecule has 27 heavy (non-hydrogen) atoms. The van der Waals surface area contributed by atoms with Gasteiger partial charge in [-0.25, -0.2) is 12.1 Å². The van der Waals surface area contributed by atoms with E-state index in [9.17, 15) is 4.79 Å². The van der Waals surface area contributed by atoms with E-state index < -0.39 is 0 Å². The predicted octanol–water partition coefficient (Wildman–Crippen LogP) is 7.53. The molecule has 0 aliphatic carbocycles. The van der Waals surface area contributed by atoms with Gasteiger partial charge in [0.25, 0.3) is 0 Å². The van der Waals surface area contributed by atoms with Gasteiger partial charge in [0.15, 0.2) is 5.12 Å². The molecule has 0 aliphatic heterocycles. The Balaban J connectivity index is 0.000000969. The van der Waals surface area contributed by atoms with Crippen molar-refractivity contribution in [3.63, 3.8) is 0 Å². The molecule has 0 aromatic heterocycles. The molecule has 0 aliphatic rings. The van der Waals surface area contributed by atoms with Gasteiger partial charge in [-0.3, -0.25) is 4.79 Å². The summed E-state index contributed by atoms with van der Waals surface area (Å²) in [5.74, 6) is 1.01. The minimum atomic E-state index is 0. The van der Waals surface area contributed by atoms with Crippen LogP contribution < -0.4 is 0 Å². The van der Waals surface area contributed by atoms with Crippen molar-refractivity contribution in [2.24, 2.45) is 0 Å². The third kappa shape index (κ3) is 18.4. The number of hydrogen-bond donors (Lipinski definition) is 0. The summed E-state index contributed by atoms with van der Waals surface area (Å²) in [5, 5.41) is 0.258. The molecule has 0 saturated carbocycles. The fraction of sp³-hybridized carbons (Fsp3) is 0.542. The standard InChI is InChI=1S/C19H31OS.C5H5.Fe/c1-18(20)21-17-13-9-7-5-3-2-4-6-8-10-14-19-15-11-12-16-19;1-2-4-5-3-1;/h11-12,15-16H,2-10,13-14,17H2,1H3;1-5H;/q-1;-5;. The van der Waals surface area contributed by atoms with Crippen molar-refractivity contribution in [3.05, 3.63) is 60.2 Å². The number of hydrogen-bond acceptors (Lipinski definition) is 2. The summed E-state index contributed by atoms with van der Waals surface area (Å²) in [5.41, 5.74) is 1.50. The summed E-state index contributed by atoms with van der Waals surface area (Å²) in [6.45, 7) is 1.66. The average molecular weight is 428 g/mol.